The van der Waals surface area contributed by atoms with Crippen molar-refractivity contribution in [1.82, 2.24) is 0 Å². The van der Waals surface area contributed by atoms with Gasteiger partial charge in [-0.25, -0.2) is 9.59 Å². The highest BCUT2D eigenvalue weighted by Gasteiger charge is 2.45. The molecule has 0 aromatic carbocycles. The normalized spacial score (nSPS) is 41.0. The van der Waals surface area contributed by atoms with E-state index < -0.39 is 55.4 Å². The lowest BCUT2D eigenvalue weighted by Crippen LogP contribution is -2.59. The summed E-state index contributed by atoms with van der Waals surface area (Å²) in [5.41, 5.74) is 1.73. The summed E-state index contributed by atoms with van der Waals surface area (Å²) in [6, 6.07) is 0. The molecule has 0 bridgehead atoms. The van der Waals surface area contributed by atoms with Gasteiger partial charge in [0.1, 0.15) is 30.5 Å². The standard InChI is InChI=1S/C21H28O9/c1-10-4-3-5-12(6-7-13-11(2)19(26)28-14(13)8-10)20(27)30-21-18(25)17(24)16(23)15(9-22)29-21/h5,8,13-18,21-25H,2-4,6-7,9H2,1H3/b10-8+,12-5-/t13-,14+,15+,16-,17-,18+,21+/m0/s1. The fraction of sp³-hybridized carbons (Fsp3) is 0.619. The largest absolute Gasteiger partial charge is 0.454 e. The maximum atomic E-state index is 12.8. The molecule has 2 fully saturated rings. The molecule has 7 atom stereocenters. The highest BCUT2D eigenvalue weighted by molar-refractivity contribution is 5.91. The Hall–Kier alpha value is -2.04. The van der Waals surface area contributed by atoms with Gasteiger partial charge in [-0.2, -0.15) is 0 Å². The minimum atomic E-state index is -1.66. The molecule has 1 aliphatic carbocycles. The zero-order valence-electron chi connectivity index (χ0n) is 16.8. The van der Waals surface area contributed by atoms with Crippen molar-refractivity contribution in [3.8, 4) is 0 Å². The number of ether oxygens (including phenoxy) is 3. The number of allylic oxidation sites excluding steroid dienone is 2. The predicted molar refractivity (Wildman–Crippen MR) is 103 cm³/mol. The molecule has 2 saturated heterocycles. The van der Waals surface area contributed by atoms with Crippen molar-refractivity contribution in [2.75, 3.05) is 6.61 Å². The quantitative estimate of drug-likeness (QED) is 0.277. The van der Waals surface area contributed by atoms with Crippen molar-refractivity contribution >= 4 is 11.9 Å². The number of hydrogen-bond acceptors (Lipinski definition) is 9. The first-order valence-corrected chi connectivity index (χ1v) is 10.0. The molecule has 0 unspecified atom stereocenters. The van der Waals surface area contributed by atoms with Gasteiger partial charge in [-0.3, -0.25) is 0 Å². The summed E-state index contributed by atoms with van der Waals surface area (Å²) in [5.74, 6) is -1.44. The Kier molecular flexibility index (Phi) is 7.10. The number of carbonyl (C=O) groups is 2. The molecule has 166 valence electrons. The van der Waals surface area contributed by atoms with E-state index in [0.717, 1.165) is 5.57 Å². The SMILES string of the molecule is C=C1C(=O)O[C@@H]2/C=C(\C)CC/C=C(\C(=O)O[C@H]3O[C@H](CO)[C@H](O)[C@H](O)[C@H]3O)CC[C@@H]12. The van der Waals surface area contributed by atoms with Crippen LogP contribution in [0.3, 0.4) is 0 Å². The number of hydrogen-bond donors (Lipinski definition) is 4. The Morgan fingerprint density at radius 1 is 1.23 bits per heavy atom. The number of carbonyl (C=O) groups excluding carboxylic acids is 2. The van der Waals surface area contributed by atoms with Crippen molar-refractivity contribution in [2.24, 2.45) is 5.92 Å². The topological polar surface area (TPSA) is 143 Å². The number of aliphatic hydroxyl groups excluding tert-OH is 4. The summed E-state index contributed by atoms with van der Waals surface area (Å²) in [6.45, 7) is 5.12. The zero-order valence-corrected chi connectivity index (χ0v) is 16.8. The fourth-order valence-electron chi connectivity index (χ4n) is 3.90. The van der Waals surface area contributed by atoms with Crippen molar-refractivity contribution in [3.05, 3.63) is 35.5 Å². The maximum absolute atomic E-state index is 12.8. The summed E-state index contributed by atoms with van der Waals surface area (Å²) in [6.07, 6.45) is -2.34. The molecule has 0 saturated carbocycles. The molecule has 3 rings (SSSR count). The second kappa shape index (κ2) is 9.40. The second-order valence-electron chi connectivity index (χ2n) is 7.92. The highest BCUT2D eigenvalue weighted by atomic mass is 16.7. The lowest BCUT2D eigenvalue weighted by molar-refractivity contribution is -0.291. The third kappa shape index (κ3) is 4.65. The molecule has 0 aromatic rings. The van der Waals surface area contributed by atoms with Crippen LogP contribution in [0.25, 0.3) is 0 Å². The van der Waals surface area contributed by atoms with E-state index in [9.17, 15) is 30.0 Å². The van der Waals surface area contributed by atoms with Gasteiger partial charge >= 0.3 is 11.9 Å². The maximum Gasteiger partial charge on any atom is 0.336 e. The van der Waals surface area contributed by atoms with Crippen LogP contribution >= 0.6 is 0 Å². The second-order valence-corrected chi connectivity index (χ2v) is 7.92. The summed E-state index contributed by atoms with van der Waals surface area (Å²) < 4.78 is 15.9. The third-order valence-electron chi connectivity index (χ3n) is 5.79. The van der Waals surface area contributed by atoms with Gasteiger partial charge < -0.3 is 34.6 Å². The van der Waals surface area contributed by atoms with Gasteiger partial charge in [0.15, 0.2) is 0 Å². The van der Waals surface area contributed by atoms with Gasteiger partial charge in [-0.15, -0.1) is 0 Å². The van der Waals surface area contributed by atoms with E-state index in [1.165, 1.54) is 0 Å². The number of fused-ring (bicyclic) bond motifs is 1. The number of aliphatic hydroxyl groups is 4. The van der Waals surface area contributed by atoms with E-state index in [4.69, 9.17) is 14.2 Å². The Labute approximate surface area is 174 Å². The zero-order chi connectivity index (χ0) is 22.0. The van der Waals surface area contributed by atoms with Crippen LogP contribution in [0.5, 0.6) is 0 Å². The molecule has 0 spiro atoms. The van der Waals surface area contributed by atoms with Crippen LogP contribution in [0, 0.1) is 5.92 Å². The van der Waals surface area contributed by atoms with Crippen molar-refractivity contribution in [3.63, 3.8) is 0 Å². The van der Waals surface area contributed by atoms with Crippen molar-refractivity contribution < 1.29 is 44.2 Å². The third-order valence-corrected chi connectivity index (χ3v) is 5.79. The minimum absolute atomic E-state index is 0.256. The van der Waals surface area contributed by atoms with Crippen LogP contribution in [-0.2, 0) is 23.8 Å². The van der Waals surface area contributed by atoms with Gasteiger partial charge in [-0.05, 0) is 38.7 Å². The lowest BCUT2D eigenvalue weighted by Gasteiger charge is -2.39. The smallest absolute Gasteiger partial charge is 0.336 e. The molecule has 9 nitrogen and oxygen atoms in total. The van der Waals surface area contributed by atoms with E-state index in [2.05, 4.69) is 6.58 Å². The molecule has 9 heteroatoms. The van der Waals surface area contributed by atoms with E-state index >= 15 is 0 Å². The highest BCUT2D eigenvalue weighted by Crippen LogP contribution is 2.34. The van der Waals surface area contributed by atoms with Crippen LogP contribution in [0.1, 0.15) is 32.6 Å². The van der Waals surface area contributed by atoms with Gasteiger partial charge in [-0.1, -0.05) is 18.2 Å². The average Bonchev–Trinajstić information content (AvgIpc) is 2.97. The van der Waals surface area contributed by atoms with Crippen LogP contribution in [-0.4, -0.2) is 75.8 Å². The summed E-state index contributed by atoms with van der Waals surface area (Å²) in [4.78, 5) is 24.7. The Morgan fingerprint density at radius 2 is 1.97 bits per heavy atom. The molecule has 30 heavy (non-hydrogen) atoms. The van der Waals surface area contributed by atoms with Crippen molar-refractivity contribution in [2.45, 2.75) is 69.4 Å². The molecule has 0 amide bonds. The fourth-order valence-corrected chi connectivity index (χ4v) is 3.90. The van der Waals surface area contributed by atoms with Crippen LogP contribution in [0.15, 0.2) is 35.5 Å². The molecule has 3 aliphatic rings. The first-order chi connectivity index (χ1) is 14.2. The molecular weight excluding hydrogens is 396 g/mol. The molecule has 0 radical (unpaired) electrons. The minimum Gasteiger partial charge on any atom is -0.454 e. The van der Waals surface area contributed by atoms with Gasteiger partial charge in [0.2, 0.25) is 6.29 Å². The Balaban J connectivity index is 1.72. The summed E-state index contributed by atoms with van der Waals surface area (Å²) in [7, 11) is 0. The van der Waals surface area contributed by atoms with Crippen LogP contribution < -0.4 is 0 Å². The van der Waals surface area contributed by atoms with Gasteiger partial charge in [0.05, 0.1) is 6.61 Å². The van der Waals surface area contributed by atoms with E-state index in [0.29, 0.717) is 36.8 Å². The van der Waals surface area contributed by atoms with E-state index in [1.54, 1.807) is 6.08 Å². The Morgan fingerprint density at radius 3 is 2.67 bits per heavy atom. The van der Waals surface area contributed by atoms with Crippen molar-refractivity contribution in [1.29, 1.82) is 0 Å². The van der Waals surface area contributed by atoms with Gasteiger partial charge in [0.25, 0.3) is 0 Å². The molecular formula is C21H28O9. The van der Waals surface area contributed by atoms with Crippen LogP contribution in [0.2, 0.25) is 0 Å². The van der Waals surface area contributed by atoms with Gasteiger partial charge in [0, 0.05) is 17.1 Å². The first-order valence-electron chi connectivity index (χ1n) is 10.0. The molecule has 2 aliphatic heterocycles. The van der Waals surface area contributed by atoms with Crippen LogP contribution in [0.4, 0.5) is 0 Å². The number of rotatable bonds is 3. The van der Waals surface area contributed by atoms with E-state index in [-0.39, 0.29) is 5.92 Å². The predicted octanol–water partition coefficient (Wildman–Crippen LogP) is -0.126. The Bertz CT molecular complexity index is 754. The number of esters is 2. The molecule has 2 heterocycles. The lowest BCUT2D eigenvalue weighted by atomic mass is 9.88. The first kappa shape index (κ1) is 22.6. The molecule has 0 aromatic heterocycles. The average molecular weight is 424 g/mol. The van der Waals surface area contributed by atoms with E-state index in [1.807, 2.05) is 13.0 Å². The summed E-state index contributed by atoms with van der Waals surface area (Å²) >= 11 is 0. The summed E-state index contributed by atoms with van der Waals surface area (Å²) in [5, 5.41) is 39.1. The molecule has 4 N–H and O–H groups in total. The monoisotopic (exact) mass is 424 g/mol.